The highest BCUT2D eigenvalue weighted by Crippen LogP contribution is 2.34. The monoisotopic (exact) mass is 466 g/mol. The van der Waals surface area contributed by atoms with E-state index in [1.165, 1.54) is 4.57 Å². The Hall–Kier alpha value is -1.44. The number of para-hydroxylation sites is 1. The SMILES string of the molecule is FC(F)(F)c1cn(-c2c(Cl)cccc2Cl)c(COC2=CCC(Br)C=C2)n1. The van der Waals surface area contributed by atoms with Crippen molar-refractivity contribution in [1.82, 2.24) is 9.55 Å². The molecule has 0 N–H and O–H groups in total. The number of allylic oxidation sites excluding steroid dienone is 3. The van der Waals surface area contributed by atoms with Crippen LogP contribution in [0.3, 0.4) is 0 Å². The van der Waals surface area contributed by atoms with Crippen LogP contribution < -0.4 is 0 Å². The first-order chi connectivity index (χ1) is 12.3. The number of nitrogens with zero attached hydrogens (tertiary/aromatic N) is 2. The molecule has 1 unspecified atom stereocenters. The maximum Gasteiger partial charge on any atom is 0.434 e. The predicted octanol–water partition coefficient (Wildman–Crippen LogP) is 6.32. The summed E-state index contributed by atoms with van der Waals surface area (Å²) in [6.07, 6.45) is 2.49. The Kier molecular flexibility index (Phi) is 5.69. The highest BCUT2D eigenvalue weighted by atomic mass is 79.9. The first-order valence-electron chi connectivity index (χ1n) is 7.51. The van der Waals surface area contributed by atoms with Crippen molar-refractivity contribution < 1.29 is 17.9 Å². The number of hydrogen-bond donors (Lipinski definition) is 0. The first kappa shape index (κ1) is 19.3. The Morgan fingerprint density at radius 2 is 1.96 bits per heavy atom. The fourth-order valence-corrected chi connectivity index (χ4v) is 3.32. The van der Waals surface area contributed by atoms with E-state index in [1.807, 2.05) is 12.2 Å². The Labute approximate surface area is 166 Å². The van der Waals surface area contributed by atoms with Gasteiger partial charge in [0.05, 0.1) is 15.7 Å². The molecule has 0 amide bonds. The van der Waals surface area contributed by atoms with Crippen molar-refractivity contribution in [3.63, 3.8) is 0 Å². The summed E-state index contributed by atoms with van der Waals surface area (Å²) >= 11 is 15.7. The van der Waals surface area contributed by atoms with Crippen LogP contribution in [0.1, 0.15) is 17.9 Å². The van der Waals surface area contributed by atoms with Crippen molar-refractivity contribution in [2.45, 2.75) is 24.0 Å². The highest BCUT2D eigenvalue weighted by Gasteiger charge is 2.35. The average molecular weight is 468 g/mol. The van der Waals surface area contributed by atoms with Gasteiger partial charge in [-0.1, -0.05) is 51.3 Å². The molecule has 0 radical (unpaired) electrons. The van der Waals surface area contributed by atoms with Crippen LogP contribution in [-0.4, -0.2) is 14.4 Å². The summed E-state index contributed by atoms with van der Waals surface area (Å²) in [5.74, 6) is 0.608. The molecule has 9 heteroatoms. The molecule has 1 atom stereocenters. The van der Waals surface area contributed by atoms with Crippen LogP contribution in [0.4, 0.5) is 13.2 Å². The normalized spacial score (nSPS) is 17.3. The lowest BCUT2D eigenvalue weighted by Gasteiger charge is -2.14. The molecular weight excluding hydrogens is 456 g/mol. The third-order valence-electron chi connectivity index (χ3n) is 3.63. The standard InChI is InChI=1S/C17H12BrCl2F3N2O/c18-10-4-6-11(7-5-10)26-9-15-24-14(17(21,22)23)8-25(15)16-12(19)2-1-3-13(16)20/h1-4,6-8,10H,5,9H2. The van der Waals surface area contributed by atoms with Gasteiger partial charge in [0.15, 0.2) is 11.5 Å². The maximum atomic E-state index is 13.1. The summed E-state index contributed by atoms with van der Waals surface area (Å²) in [6, 6.07) is 4.70. The number of alkyl halides is 4. The Morgan fingerprint density at radius 3 is 2.54 bits per heavy atom. The van der Waals surface area contributed by atoms with E-state index in [2.05, 4.69) is 20.9 Å². The third kappa shape index (κ3) is 4.27. The van der Waals surface area contributed by atoms with Gasteiger partial charge in [-0.15, -0.1) is 0 Å². The Balaban J connectivity index is 1.96. The third-order valence-corrected chi connectivity index (χ3v) is 4.92. The van der Waals surface area contributed by atoms with Gasteiger partial charge in [-0.3, -0.25) is 4.57 Å². The van der Waals surface area contributed by atoms with Crippen LogP contribution in [-0.2, 0) is 17.5 Å². The number of benzene rings is 1. The summed E-state index contributed by atoms with van der Waals surface area (Å²) in [4.78, 5) is 3.89. The lowest BCUT2D eigenvalue weighted by atomic mass is 10.2. The number of halogens is 6. The molecule has 1 aliphatic rings. The minimum Gasteiger partial charge on any atom is -0.486 e. The van der Waals surface area contributed by atoms with E-state index in [-0.39, 0.29) is 33.0 Å². The van der Waals surface area contributed by atoms with Gasteiger partial charge in [-0.05, 0) is 30.7 Å². The summed E-state index contributed by atoms with van der Waals surface area (Å²) < 4.78 is 46.2. The second-order valence-corrected chi connectivity index (χ2v) is 7.48. The molecule has 3 nitrogen and oxygen atoms in total. The van der Waals surface area contributed by atoms with E-state index in [0.717, 1.165) is 12.6 Å². The number of imidazole rings is 1. The molecule has 0 aliphatic heterocycles. The minimum absolute atomic E-state index is 0.0441. The molecule has 138 valence electrons. The van der Waals surface area contributed by atoms with Crippen molar-refractivity contribution in [2.24, 2.45) is 0 Å². The molecule has 0 bridgehead atoms. The predicted molar refractivity (Wildman–Crippen MR) is 97.9 cm³/mol. The van der Waals surface area contributed by atoms with Gasteiger partial charge in [-0.25, -0.2) is 4.98 Å². The lowest BCUT2D eigenvalue weighted by molar-refractivity contribution is -0.141. The molecule has 1 aromatic heterocycles. The largest absolute Gasteiger partial charge is 0.486 e. The Morgan fingerprint density at radius 1 is 1.27 bits per heavy atom. The van der Waals surface area contributed by atoms with Crippen molar-refractivity contribution in [2.75, 3.05) is 0 Å². The van der Waals surface area contributed by atoms with E-state index in [9.17, 15) is 13.2 Å². The molecular formula is C17H12BrCl2F3N2O. The fourth-order valence-electron chi connectivity index (χ4n) is 2.40. The summed E-state index contributed by atoms with van der Waals surface area (Å²) in [7, 11) is 0. The number of aromatic nitrogens is 2. The van der Waals surface area contributed by atoms with Crippen molar-refractivity contribution >= 4 is 39.1 Å². The van der Waals surface area contributed by atoms with E-state index in [1.54, 1.807) is 24.3 Å². The van der Waals surface area contributed by atoms with Crippen LogP contribution in [0.15, 0.2) is 48.4 Å². The van der Waals surface area contributed by atoms with Gasteiger partial charge < -0.3 is 4.74 Å². The molecule has 0 fully saturated rings. The molecule has 0 saturated carbocycles. The van der Waals surface area contributed by atoms with Crippen LogP contribution in [0.25, 0.3) is 5.69 Å². The molecule has 1 heterocycles. The molecule has 1 aliphatic carbocycles. The fraction of sp³-hybridized carbons (Fsp3) is 0.235. The van der Waals surface area contributed by atoms with Crippen molar-refractivity contribution in [3.8, 4) is 5.69 Å². The van der Waals surface area contributed by atoms with E-state index in [0.29, 0.717) is 5.76 Å². The van der Waals surface area contributed by atoms with Crippen LogP contribution in [0.5, 0.6) is 0 Å². The topological polar surface area (TPSA) is 27.1 Å². The second-order valence-electron chi connectivity index (χ2n) is 5.49. The van der Waals surface area contributed by atoms with Crippen LogP contribution in [0.2, 0.25) is 10.0 Å². The summed E-state index contributed by atoms with van der Waals surface area (Å²) in [5.41, 5.74) is -0.813. The van der Waals surface area contributed by atoms with Crippen LogP contribution >= 0.6 is 39.1 Å². The van der Waals surface area contributed by atoms with Gasteiger partial charge in [-0.2, -0.15) is 13.2 Å². The smallest absolute Gasteiger partial charge is 0.434 e. The molecule has 2 aromatic rings. The highest BCUT2D eigenvalue weighted by molar-refractivity contribution is 9.09. The zero-order valence-corrected chi connectivity index (χ0v) is 16.2. The van der Waals surface area contributed by atoms with Gasteiger partial charge >= 0.3 is 6.18 Å². The van der Waals surface area contributed by atoms with E-state index in [4.69, 9.17) is 27.9 Å². The molecule has 3 rings (SSSR count). The van der Waals surface area contributed by atoms with Crippen LogP contribution in [0, 0.1) is 0 Å². The molecule has 26 heavy (non-hydrogen) atoms. The second kappa shape index (κ2) is 7.66. The first-order valence-corrected chi connectivity index (χ1v) is 9.18. The number of rotatable bonds is 4. The minimum atomic E-state index is -4.60. The molecule has 0 saturated heterocycles. The van der Waals surface area contributed by atoms with E-state index < -0.39 is 11.9 Å². The lowest BCUT2D eigenvalue weighted by Crippen LogP contribution is -2.06. The van der Waals surface area contributed by atoms with Gasteiger partial charge in [0, 0.05) is 11.0 Å². The maximum absolute atomic E-state index is 13.1. The molecule has 0 spiro atoms. The zero-order valence-electron chi connectivity index (χ0n) is 13.1. The van der Waals surface area contributed by atoms with Crippen molar-refractivity contribution in [1.29, 1.82) is 0 Å². The van der Waals surface area contributed by atoms with Gasteiger partial charge in [0.25, 0.3) is 0 Å². The zero-order chi connectivity index (χ0) is 18.9. The van der Waals surface area contributed by atoms with Crippen molar-refractivity contribution in [3.05, 3.63) is 69.9 Å². The average Bonchev–Trinajstić information content (AvgIpc) is 2.98. The Bertz CT molecular complexity index is 857. The quantitative estimate of drug-likeness (QED) is 0.492. The number of hydrogen-bond acceptors (Lipinski definition) is 2. The number of ether oxygens (including phenoxy) is 1. The summed E-state index contributed by atoms with van der Waals surface area (Å²) in [6.45, 7) is -0.166. The van der Waals surface area contributed by atoms with Gasteiger partial charge in [0.2, 0.25) is 0 Å². The van der Waals surface area contributed by atoms with Gasteiger partial charge in [0.1, 0.15) is 12.4 Å². The van der Waals surface area contributed by atoms with E-state index >= 15 is 0 Å². The summed E-state index contributed by atoms with van der Waals surface area (Å²) in [5, 5.41) is 0.424. The molecule has 1 aromatic carbocycles.